The summed E-state index contributed by atoms with van der Waals surface area (Å²) in [6.45, 7) is -0.446. The highest BCUT2D eigenvalue weighted by Crippen LogP contribution is 2.32. The van der Waals surface area contributed by atoms with Crippen LogP contribution in [0.1, 0.15) is 17.2 Å². The van der Waals surface area contributed by atoms with Crippen LogP contribution in [0.5, 0.6) is 0 Å². The van der Waals surface area contributed by atoms with Gasteiger partial charge in [0.1, 0.15) is 0 Å². The third-order valence-electron chi connectivity index (χ3n) is 2.35. The lowest BCUT2D eigenvalue weighted by Crippen LogP contribution is -2.16. The summed E-state index contributed by atoms with van der Waals surface area (Å²) < 4.78 is 75.4. The van der Waals surface area contributed by atoms with E-state index >= 15 is 0 Å². The molecule has 3 nitrogen and oxygen atoms in total. The molecule has 2 aromatic rings. The zero-order chi connectivity index (χ0) is 15.0. The van der Waals surface area contributed by atoms with Crippen molar-refractivity contribution < 1.29 is 26.3 Å². The zero-order valence-electron chi connectivity index (χ0n) is 9.70. The highest BCUT2D eigenvalue weighted by Gasteiger charge is 2.43. The van der Waals surface area contributed by atoms with Gasteiger partial charge < -0.3 is 0 Å². The minimum Gasteiger partial charge on any atom is -0.237 e. The monoisotopic (exact) mass is 295 g/mol. The van der Waals surface area contributed by atoms with Crippen LogP contribution in [0.25, 0.3) is 0 Å². The SMILES string of the molecule is FC(F)(F)c1nc(C(F)(F)F)n(Cc2ccccc2)n1. The van der Waals surface area contributed by atoms with Crippen molar-refractivity contribution in [2.75, 3.05) is 0 Å². The third kappa shape index (κ3) is 3.09. The maximum absolute atomic E-state index is 12.7. The summed E-state index contributed by atoms with van der Waals surface area (Å²) in [4.78, 5) is 2.55. The summed E-state index contributed by atoms with van der Waals surface area (Å²) in [7, 11) is 0. The Morgan fingerprint density at radius 2 is 1.50 bits per heavy atom. The van der Waals surface area contributed by atoms with Gasteiger partial charge in [0.25, 0.3) is 5.82 Å². The van der Waals surface area contributed by atoms with Crippen molar-refractivity contribution in [3.05, 3.63) is 47.5 Å². The van der Waals surface area contributed by atoms with Gasteiger partial charge in [-0.05, 0) is 5.56 Å². The normalized spacial score (nSPS) is 12.7. The van der Waals surface area contributed by atoms with Gasteiger partial charge in [0.05, 0.1) is 6.54 Å². The van der Waals surface area contributed by atoms with Gasteiger partial charge in [-0.3, -0.25) is 0 Å². The molecule has 0 aliphatic carbocycles. The predicted molar refractivity (Wildman–Crippen MR) is 55.6 cm³/mol. The van der Waals surface area contributed by atoms with Crippen LogP contribution in [0.2, 0.25) is 0 Å². The molecule has 0 N–H and O–H groups in total. The fourth-order valence-electron chi connectivity index (χ4n) is 1.54. The van der Waals surface area contributed by atoms with E-state index in [0.29, 0.717) is 5.56 Å². The standard InChI is InChI=1S/C11H7F6N3/c12-10(13,14)8-18-9(11(15,16)17)20(19-8)6-7-4-2-1-3-5-7/h1-5H,6H2. The minimum atomic E-state index is -5.03. The van der Waals surface area contributed by atoms with Crippen molar-refractivity contribution in [3.63, 3.8) is 0 Å². The topological polar surface area (TPSA) is 30.7 Å². The first-order valence-electron chi connectivity index (χ1n) is 5.31. The summed E-state index contributed by atoms with van der Waals surface area (Å²) >= 11 is 0. The number of rotatable bonds is 2. The van der Waals surface area contributed by atoms with E-state index < -0.39 is 30.5 Å². The Kier molecular flexibility index (Phi) is 3.45. The highest BCUT2D eigenvalue weighted by atomic mass is 19.4. The minimum absolute atomic E-state index is 0.207. The van der Waals surface area contributed by atoms with Crippen molar-refractivity contribution in [3.8, 4) is 0 Å². The van der Waals surface area contributed by atoms with Crippen LogP contribution >= 0.6 is 0 Å². The second-order valence-electron chi connectivity index (χ2n) is 3.90. The van der Waals surface area contributed by atoms with Gasteiger partial charge in [-0.1, -0.05) is 30.3 Å². The Morgan fingerprint density at radius 1 is 0.900 bits per heavy atom. The molecule has 1 aromatic carbocycles. The van der Waals surface area contributed by atoms with Gasteiger partial charge in [0.2, 0.25) is 5.82 Å². The Balaban J connectivity index is 2.43. The second-order valence-corrected chi connectivity index (χ2v) is 3.90. The van der Waals surface area contributed by atoms with Crippen LogP contribution < -0.4 is 0 Å². The number of aromatic nitrogens is 3. The molecule has 0 bridgehead atoms. The summed E-state index contributed by atoms with van der Waals surface area (Å²) in [6.07, 6.45) is -10.0. The molecule has 0 unspecified atom stereocenters. The quantitative estimate of drug-likeness (QED) is 0.795. The number of nitrogens with zero attached hydrogens (tertiary/aromatic N) is 3. The van der Waals surface area contributed by atoms with E-state index in [1.807, 2.05) is 0 Å². The van der Waals surface area contributed by atoms with Gasteiger partial charge in [-0.25, -0.2) is 4.68 Å². The van der Waals surface area contributed by atoms with Crippen molar-refractivity contribution >= 4 is 0 Å². The summed E-state index contributed by atoms with van der Waals surface area (Å²) in [5.41, 5.74) is 0.386. The van der Waals surface area contributed by atoms with Crippen LogP contribution in [0.4, 0.5) is 26.3 Å². The number of alkyl halides is 6. The molecule has 0 aliphatic heterocycles. The average molecular weight is 295 g/mol. The zero-order valence-corrected chi connectivity index (χ0v) is 9.70. The van der Waals surface area contributed by atoms with E-state index in [0.717, 1.165) is 0 Å². The number of halogens is 6. The third-order valence-corrected chi connectivity index (χ3v) is 2.35. The summed E-state index contributed by atoms with van der Waals surface area (Å²) in [6, 6.07) is 7.72. The summed E-state index contributed by atoms with van der Waals surface area (Å²) in [5, 5.41) is 2.90. The molecule has 1 aromatic heterocycles. The maximum atomic E-state index is 12.7. The summed E-state index contributed by atoms with van der Waals surface area (Å²) in [5.74, 6) is -3.48. The van der Waals surface area contributed by atoms with E-state index in [1.165, 1.54) is 12.1 Å². The molecule has 108 valence electrons. The van der Waals surface area contributed by atoms with Crippen LogP contribution in [0, 0.1) is 0 Å². The molecule has 2 rings (SSSR count). The molecule has 9 heteroatoms. The lowest BCUT2D eigenvalue weighted by molar-refractivity contribution is -0.150. The second kappa shape index (κ2) is 4.80. The molecule has 0 saturated heterocycles. The molecule has 0 amide bonds. The highest BCUT2D eigenvalue weighted by molar-refractivity contribution is 5.15. The molecule has 0 fully saturated rings. The smallest absolute Gasteiger partial charge is 0.237 e. The van der Waals surface area contributed by atoms with Crippen molar-refractivity contribution in [1.82, 2.24) is 14.8 Å². The van der Waals surface area contributed by atoms with E-state index in [9.17, 15) is 26.3 Å². The van der Waals surface area contributed by atoms with Gasteiger partial charge in [0, 0.05) is 0 Å². The maximum Gasteiger partial charge on any atom is 0.453 e. The molecule has 0 aliphatic rings. The molecule has 0 saturated carbocycles. The number of hydrogen-bond acceptors (Lipinski definition) is 2. The largest absolute Gasteiger partial charge is 0.453 e. The van der Waals surface area contributed by atoms with Crippen LogP contribution in [0.15, 0.2) is 30.3 Å². The Bertz CT molecular complexity index is 584. The van der Waals surface area contributed by atoms with E-state index in [-0.39, 0.29) is 4.68 Å². The van der Waals surface area contributed by atoms with Gasteiger partial charge in [0.15, 0.2) is 0 Å². The first-order chi connectivity index (χ1) is 9.18. The lowest BCUT2D eigenvalue weighted by Gasteiger charge is -2.08. The fourth-order valence-corrected chi connectivity index (χ4v) is 1.54. The first kappa shape index (κ1) is 14.4. The van der Waals surface area contributed by atoms with E-state index in [1.54, 1.807) is 18.2 Å². The number of hydrogen-bond donors (Lipinski definition) is 0. The molecule has 0 radical (unpaired) electrons. The van der Waals surface area contributed by atoms with Crippen molar-refractivity contribution in [1.29, 1.82) is 0 Å². The average Bonchev–Trinajstić information content (AvgIpc) is 2.74. The van der Waals surface area contributed by atoms with Crippen molar-refractivity contribution in [2.24, 2.45) is 0 Å². The van der Waals surface area contributed by atoms with Gasteiger partial charge >= 0.3 is 12.4 Å². The Hall–Kier alpha value is -2.06. The number of benzene rings is 1. The van der Waals surface area contributed by atoms with Crippen LogP contribution in [-0.2, 0) is 18.9 Å². The fraction of sp³-hybridized carbons (Fsp3) is 0.273. The molecular formula is C11H7F6N3. The van der Waals surface area contributed by atoms with Gasteiger partial charge in [-0.2, -0.15) is 31.3 Å². The molecular weight excluding hydrogens is 288 g/mol. The Labute approximate surface area is 108 Å². The van der Waals surface area contributed by atoms with Gasteiger partial charge in [-0.15, -0.1) is 5.10 Å². The lowest BCUT2D eigenvalue weighted by atomic mass is 10.2. The van der Waals surface area contributed by atoms with E-state index in [2.05, 4.69) is 10.1 Å². The predicted octanol–water partition coefficient (Wildman–Crippen LogP) is 3.36. The Morgan fingerprint density at radius 3 is 2.00 bits per heavy atom. The van der Waals surface area contributed by atoms with Crippen LogP contribution in [0.3, 0.4) is 0 Å². The van der Waals surface area contributed by atoms with Crippen molar-refractivity contribution in [2.45, 2.75) is 18.9 Å². The molecule has 0 atom stereocenters. The molecule has 1 heterocycles. The van der Waals surface area contributed by atoms with E-state index in [4.69, 9.17) is 0 Å². The first-order valence-corrected chi connectivity index (χ1v) is 5.31. The molecule has 0 spiro atoms. The van der Waals surface area contributed by atoms with Crippen LogP contribution in [-0.4, -0.2) is 14.8 Å². The molecule has 20 heavy (non-hydrogen) atoms.